The molecular formula is C17H20ClFN5O8PS. The third-order valence-electron chi connectivity index (χ3n) is 5.60. The quantitative estimate of drug-likeness (QED) is 0.233. The smallest absolute Gasteiger partial charge is 0.340 e. The molecule has 1 aliphatic heterocycles. The standard InChI is InChI=1S/C17H20ClFN5O8PS/c18-15-9(3-20)12(22-8-1-7(19)2-8)10-4-21-24(16(10)23-15)17-14(26)13(25)11(32-17)5-34(30,31)6-33(27,28)29/h4,7-8,11,13-14,17,25-26H,1-2,5-6H2,(H,22,23)(H2,27,28,29)/t7-,8+,11-,13-,14-,17-/m1/s1. The molecule has 3 heterocycles. The molecular weight excluding hydrogens is 520 g/mol. The van der Waals surface area contributed by atoms with E-state index in [0.717, 1.165) is 4.68 Å². The second-order valence-corrected chi connectivity index (χ2v) is 12.8. The van der Waals surface area contributed by atoms with Crippen LogP contribution in [-0.4, -0.2) is 85.0 Å². The lowest BCUT2D eigenvalue weighted by molar-refractivity contribution is -0.0364. The number of aliphatic hydroxyl groups is 2. The minimum Gasteiger partial charge on any atom is -0.387 e. The largest absolute Gasteiger partial charge is 0.387 e. The van der Waals surface area contributed by atoms with E-state index in [1.807, 2.05) is 6.07 Å². The first-order valence-electron chi connectivity index (χ1n) is 9.93. The molecule has 0 amide bonds. The molecule has 0 unspecified atom stereocenters. The van der Waals surface area contributed by atoms with Gasteiger partial charge in [-0.15, -0.1) is 0 Å². The first-order valence-corrected chi connectivity index (χ1v) is 13.9. The second-order valence-electron chi connectivity index (χ2n) is 8.25. The molecule has 4 rings (SSSR count). The van der Waals surface area contributed by atoms with E-state index in [1.54, 1.807) is 0 Å². The fourth-order valence-electron chi connectivity index (χ4n) is 3.97. The highest BCUT2D eigenvalue weighted by Crippen LogP contribution is 2.39. The van der Waals surface area contributed by atoms with Gasteiger partial charge in [0, 0.05) is 6.04 Å². The predicted molar refractivity (Wildman–Crippen MR) is 115 cm³/mol. The summed E-state index contributed by atoms with van der Waals surface area (Å²) < 4.78 is 55.1. The van der Waals surface area contributed by atoms with Gasteiger partial charge in [0.2, 0.25) is 0 Å². The average Bonchev–Trinajstić information content (AvgIpc) is 3.20. The number of nitrogens with zero attached hydrogens (tertiary/aromatic N) is 4. The van der Waals surface area contributed by atoms with Crippen molar-refractivity contribution in [3.05, 3.63) is 16.9 Å². The Hall–Kier alpha value is -1.89. The minimum absolute atomic E-state index is 0.00496. The summed E-state index contributed by atoms with van der Waals surface area (Å²) in [4.78, 5) is 22.0. The van der Waals surface area contributed by atoms with Crippen molar-refractivity contribution in [3.8, 4) is 6.07 Å². The number of alkyl halides is 1. The number of rotatable bonds is 7. The monoisotopic (exact) mass is 539 g/mol. The SMILES string of the molecule is N#Cc1c(Cl)nc2c(cnn2[C@@H]2O[C@H](CS(=O)(=O)CP(=O)(O)O)[C@@H](O)[C@H]2O)c1N[C@H]1C[C@@H](F)C1. The number of sulfone groups is 1. The maximum absolute atomic E-state index is 13.3. The summed E-state index contributed by atoms with van der Waals surface area (Å²) in [7, 11) is -9.25. The number of anilines is 1. The van der Waals surface area contributed by atoms with E-state index in [-0.39, 0.29) is 40.9 Å². The Kier molecular flexibility index (Phi) is 6.64. The van der Waals surface area contributed by atoms with Crippen LogP contribution >= 0.6 is 19.2 Å². The van der Waals surface area contributed by atoms with Crippen molar-refractivity contribution in [1.82, 2.24) is 14.8 Å². The van der Waals surface area contributed by atoms with Crippen LogP contribution in [0.1, 0.15) is 24.6 Å². The Bertz CT molecular complexity index is 1310. The van der Waals surface area contributed by atoms with Crippen molar-refractivity contribution < 1.29 is 42.1 Å². The summed E-state index contributed by atoms with van der Waals surface area (Å²) in [5.74, 6) is -0.961. The maximum Gasteiger partial charge on any atom is 0.340 e. The third kappa shape index (κ3) is 4.91. The van der Waals surface area contributed by atoms with Crippen LogP contribution in [-0.2, 0) is 19.1 Å². The van der Waals surface area contributed by atoms with Crippen molar-refractivity contribution in [3.63, 3.8) is 0 Å². The number of aromatic nitrogens is 3. The average molecular weight is 540 g/mol. The van der Waals surface area contributed by atoms with Crippen molar-refractivity contribution in [2.45, 2.75) is 49.6 Å². The molecule has 186 valence electrons. The molecule has 0 bridgehead atoms. The van der Waals surface area contributed by atoms with Gasteiger partial charge in [0.1, 0.15) is 36.1 Å². The molecule has 34 heavy (non-hydrogen) atoms. The summed E-state index contributed by atoms with van der Waals surface area (Å²) in [6.07, 6.45) is -5.52. The molecule has 0 aromatic carbocycles. The summed E-state index contributed by atoms with van der Waals surface area (Å²) in [5.41, 5.74) is -1.14. The molecule has 0 radical (unpaired) electrons. The number of hydrogen-bond acceptors (Lipinski definition) is 10. The Balaban J connectivity index is 1.65. The third-order valence-corrected chi connectivity index (χ3v) is 9.63. The second kappa shape index (κ2) is 8.96. The first-order chi connectivity index (χ1) is 15.8. The van der Waals surface area contributed by atoms with Crippen LogP contribution in [0.25, 0.3) is 11.0 Å². The molecule has 5 N–H and O–H groups in total. The van der Waals surface area contributed by atoms with Crippen LogP contribution in [0.5, 0.6) is 0 Å². The van der Waals surface area contributed by atoms with E-state index in [4.69, 9.17) is 26.1 Å². The van der Waals surface area contributed by atoms with E-state index in [1.165, 1.54) is 6.20 Å². The van der Waals surface area contributed by atoms with Crippen molar-refractivity contribution >= 4 is 45.8 Å². The van der Waals surface area contributed by atoms with Gasteiger partial charge in [-0.05, 0) is 12.8 Å². The molecule has 1 aliphatic carbocycles. The van der Waals surface area contributed by atoms with Crippen LogP contribution in [0.3, 0.4) is 0 Å². The Morgan fingerprint density at radius 3 is 2.62 bits per heavy atom. The van der Waals surface area contributed by atoms with Crippen molar-refractivity contribution in [2.75, 3.05) is 16.6 Å². The van der Waals surface area contributed by atoms with Gasteiger partial charge in [-0.2, -0.15) is 10.4 Å². The number of aliphatic hydroxyl groups excluding tert-OH is 2. The Labute approximate surface area is 197 Å². The molecule has 2 aromatic rings. The van der Waals surface area contributed by atoms with Crippen molar-refractivity contribution in [1.29, 1.82) is 5.26 Å². The van der Waals surface area contributed by atoms with E-state index in [2.05, 4.69) is 15.4 Å². The molecule has 2 aliphatic rings. The normalized spacial score (nSPS) is 29.7. The van der Waals surface area contributed by atoms with Crippen LogP contribution in [0.4, 0.5) is 10.1 Å². The van der Waals surface area contributed by atoms with Crippen LogP contribution in [0, 0.1) is 11.3 Å². The zero-order chi connectivity index (χ0) is 25.0. The van der Waals surface area contributed by atoms with Crippen LogP contribution in [0.2, 0.25) is 5.15 Å². The minimum atomic E-state index is -4.89. The number of pyridine rings is 1. The summed E-state index contributed by atoms with van der Waals surface area (Å²) in [6, 6.07) is 1.68. The summed E-state index contributed by atoms with van der Waals surface area (Å²) in [6.45, 7) is 0. The lowest BCUT2D eigenvalue weighted by atomic mass is 9.90. The molecule has 1 saturated carbocycles. The first kappa shape index (κ1) is 25.2. The summed E-state index contributed by atoms with van der Waals surface area (Å²) >= 11 is 6.17. The zero-order valence-electron chi connectivity index (χ0n) is 17.2. The summed E-state index contributed by atoms with van der Waals surface area (Å²) in [5, 5.41) is 37.6. The van der Waals surface area contributed by atoms with Gasteiger partial charge < -0.3 is 30.1 Å². The molecule has 13 nitrogen and oxygen atoms in total. The van der Waals surface area contributed by atoms with E-state index >= 15 is 0 Å². The molecule has 17 heteroatoms. The molecule has 2 aromatic heterocycles. The van der Waals surface area contributed by atoms with E-state index < -0.39 is 59.4 Å². The van der Waals surface area contributed by atoms with Gasteiger partial charge in [-0.1, -0.05) is 11.6 Å². The fraction of sp³-hybridized carbons (Fsp3) is 0.588. The number of ether oxygens (including phenoxy) is 1. The van der Waals surface area contributed by atoms with Gasteiger partial charge in [0.15, 0.2) is 32.4 Å². The fourth-order valence-corrected chi connectivity index (χ4v) is 7.43. The molecule has 1 saturated heterocycles. The predicted octanol–water partition coefficient (Wildman–Crippen LogP) is 0.0380. The van der Waals surface area contributed by atoms with E-state index in [0.29, 0.717) is 5.39 Å². The maximum atomic E-state index is 13.3. The van der Waals surface area contributed by atoms with Crippen molar-refractivity contribution in [2.24, 2.45) is 0 Å². The lowest BCUT2D eigenvalue weighted by Crippen LogP contribution is -2.36. The number of fused-ring (bicyclic) bond motifs is 1. The van der Waals surface area contributed by atoms with E-state index in [9.17, 15) is 32.8 Å². The highest BCUT2D eigenvalue weighted by molar-refractivity contribution is 7.97. The van der Waals surface area contributed by atoms with Gasteiger partial charge in [0.05, 0.1) is 23.0 Å². The topological polar surface area (TPSA) is 208 Å². The lowest BCUT2D eigenvalue weighted by Gasteiger charge is -2.31. The number of nitriles is 1. The Morgan fingerprint density at radius 2 is 2.03 bits per heavy atom. The highest BCUT2D eigenvalue weighted by atomic mass is 35.5. The Morgan fingerprint density at radius 1 is 1.35 bits per heavy atom. The number of halogens is 2. The van der Waals surface area contributed by atoms with Gasteiger partial charge in [-0.3, -0.25) is 4.57 Å². The molecule has 2 fully saturated rings. The van der Waals surface area contributed by atoms with Crippen LogP contribution in [0.15, 0.2) is 6.20 Å². The molecule has 0 spiro atoms. The molecule has 4 atom stereocenters. The van der Waals surface area contributed by atoms with Gasteiger partial charge >= 0.3 is 7.60 Å². The number of hydrogen-bond donors (Lipinski definition) is 5. The zero-order valence-corrected chi connectivity index (χ0v) is 19.7. The highest BCUT2D eigenvalue weighted by Gasteiger charge is 2.47. The van der Waals surface area contributed by atoms with Gasteiger partial charge in [0.25, 0.3) is 0 Å². The van der Waals surface area contributed by atoms with Crippen LogP contribution < -0.4 is 5.32 Å². The van der Waals surface area contributed by atoms with Gasteiger partial charge in [-0.25, -0.2) is 22.5 Å². The number of nitrogens with one attached hydrogen (secondary N) is 1.